The summed E-state index contributed by atoms with van der Waals surface area (Å²) in [4.78, 5) is 0. The first kappa shape index (κ1) is 14.2. The molecule has 0 amide bonds. The molecule has 0 spiro atoms. The summed E-state index contributed by atoms with van der Waals surface area (Å²) in [7, 11) is 2.04. The molecule has 0 aliphatic heterocycles. The van der Waals surface area contributed by atoms with Crippen LogP contribution in [0, 0.1) is 32.6 Å². The summed E-state index contributed by atoms with van der Waals surface area (Å²) >= 11 is 0. The Morgan fingerprint density at radius 2 is 1.59 bits per heavy atom. The highest BCUT2D eigenvalue weighted by Gasteiger charge is 2.14. The van der Waals surface area contributed by atoms with Crippen LogP contribution in [0.4, 0.5) is 0 Å². The summed E-state index contributed by atoms with van der Waals surface area (Å²) in [5.74, 6) is 1.45. The van der Waals surface area contributed by atoms with Gasteiger partial charge in [-0.25, -0.2) is 0 Å². The molecule has 17 heavy (non-hydrogen) atoms. The van der Waals surface area contributed by atoms with Gasteiger partial charge < -0.3 is 5.32 Å². The highest BCUT2D eigenvalue weighted by atomic mass is 14.8. The minimum absolute atomic E-state index is 0.723. The zero-order valence-corrected chi connectivity index (χ0v) is 12.2. The molecule has 0 aromatic heterocycles. The minimum atomic E-state index is 0.723. The predicted molar refractivity (Wildman–Crippen MR) is 76.6 cm³/mol. The molecule has 1 rings (SSSR count). The Kier molecular flexibility index (Phi) is 5.20. The van der Waals surface area contributed by atoms with Crippen molar-refractivity contribution in [3.8, 4) is 0 Å². The second-order valence-electron chi connectivity index (χ2n) is 5.63. The highest BCUT2D eigenvalue weighted by molar-refractivity contribution is 5.36. The van der Waals surface area contributed by atoms with Crippen molar-refractivity contribution in [2.75, 3.05) is 13.6 Å². The summed E-state index contributed by atoms with van der Waals surface area (Å²) < 4.78 is 0. The van der Waals surface area contributed by atoms with Crippen LogP contribution in [0.25, 0.3) is 0 Å². The zero-order valence-electron chi connectivity index (χ0n) is 12.2. The molecule has 1 aromatic rings. The van der Waals surface area contributed by atoms with E-state index in [1.165, 1.54) is 28.7 Å². The van der Waals surface area contributed by atoms with Gasteiger partial charge in [0.05, 0.1) is 0 Å². The lowest BCUT2D eigenvalue weighted by Crippen LogP contribution is -2.25. The van der Waals surface area contributed by atoms with Gasteiger partial charge in [0.1, 0.15) is 0 Å². The first-order chi connectivity index (χ1) is 7.95. The Morgan fingerprint density at radius 3 is 2.12 bits per heavy atom. The molecule has 1 N–H and O–H groups in total. The lowest BCUT2D eigenvalue weighted by molar-refractivity contribution is 0.370. The summed E-state index contributed by atoms with van der Waals surface area (Å²) in [5.41, 5.74) is 5.77. The number of rotatable bonds is 5. The van der Waals surface area contributed by atoms with E-state index in [2.05, 4.69) is 52.1 Å². The number of benzene rings is 1. The second-order valence-corrected chi connectivity index (χ2v) is 5.63. The lowest BCUT2D eigenvalue weighted by atomic mass is 9.86. The van der Waals surface area contributed by atoms with E-state index < -0.39 is 0 Å². The second kappa shape index (κ2) is 6.20. The molecule has 0 aliphatic rings. The molecule has 1 aromatic carbocycles. The van der Waals surface area contributed by atoms with E-state index in [4.69, 9.17) is 0 Å². The van der Waals surface area contributed by atoms with Crippen molar-refractivity contribution in [1.29, 1.82) is 0 Å². The van der Waals surface area contributed by atoms with Crippen molar-refractivity contribution in [3.63, 3.8) is 0 Å². The Labute approximate surface area is 107 Å². The van der Waals surface area contributed by atoms with Crippen LogP contribution in [0.5, 0.6) is 0 Å². The number of nitrogens with one attached hydrogen (secondary N) is 1. The van der Waals surface area contributed by atoms with Crippen LogP contribution in [0.3, 0.4) is 0 Å². The molecule has 1 atom stereocenters. The predicted octanol–water partition coefficient (Wildman–Crippen LogP) is 3.65. The Bertz CT molecular complexity index is 366. The molecule has 0 saturated heterocycles. The van der Waals surface area contributed by atoms with Crippen molar-refractivity contribution in [2.24, 2.45) is 11.8 Å². The SMILES string of the molecule is CNCC(Cc1cc(C)c(C)cc1C)C(C)C. The summed E-state index contributed by atoms with van der Waals surface area (Å²) in [6.45, 7) is 12.4. The first-order valence-electron chi connectivity index (χ1n) is 6.67. The van der Waals surface area contributed by atoms with Crippen LogP contribution in [-0.4, -0.2) is 13.6 Å². The first-order valence-corrected chi connectivity index (χ1v) is 6.67. The fraction of sp³-hybridized carbons (Fsp3) is 0.625. The van der Waals surface area contributed by atoms with Gasteiger partial charge in [-0.15, -0.1) is 0 Å². The standard InChI is InChI=1S/C16H27N/c1-11(2)16(10-17-6)9-15-8-13(4)12(3)7-14(15)5/h7-8,11,16-17H,9-10H2,1-6H3. The molecule has 1 nitrogen and oxygen atoms in total. The number of hydrogen-bond donors (Lipinski definition) is 1. The number of aryl methyl sites for hydroxylation is 3. The normalized spacial score (nSPS) is 13.1. The number of hydrogen-bond acceptors (Lipinski definition) is 1. The zero-order chi connectivity index (χ0) is 13.0. The molecule has 0 saturated carbocycles. The van der Waals surface area contributed by atoms with Crippen molar-refractivity contribution in [1.82, 2.24) is 5.32 Å². The van der Waals surface area contributed by atoms with Gasteiger partial charge in [0.15, 0.2) is 0 Å². The molecule has 0 radical (unpaired) electrons. The Balaban J connectivity index is 2.89. The summed E-state index contributed by atoms with van der Waals surface area (Å²) in [6, 6.07) is 4.69. The fourth-order valence-corrected chi connectivity index (χ4v) is 2.33. The van der Waals surface area contributed by atoms with Crippen LogP contribution >= 0.6 is 0 Å². The lowest BCUT2D eigenvalue weighted by Gasteiger charge is -2.22. The van der Waals surface area contributed by atoms with Crippen molar-refractivity contribution in [3.05, 3.63) is 34.4 Å². The van der Waals surface area contributed by atoms with Crippen molar-refractivity contribution in [2.45, 2.75) is 41.0 Å². The Hall–Kier alpha value is -0.820. The largest absolute Gasteiger partial charge is 0.319 e. The molecule has 0 bridgehead atoms. The van der Waals surface area contributed by atoms with E-state index in [1.807, 2.05) is 7.05 Å². The average molecular weight is 233 g/mol. The molecular formula is C16H27N. The van der Waals surface area contributed by atoms with Gasteiger partial charge in [0.2, 0.25) is 0 Å². The van der Waals surface area contributed by atoms with Crippen molar-refractivity contribution < 1.29 is 0 Å². The maximum atomic E-state index is 3.31. The monoisotopic (exact) mass is 233 g/mol. The molecule has 0 fully saturated rings. The molecule has 1 unspecified atom stereocenters. The maximum Gasteiger partial charge on any atom is -0.00179 e. The highest BCUT2D eigenvalue weighted by Crippen LogP contribution is 2.22. The topological polar surface area (TPSA) is 12.0 Å². The Morgan fingerprint density at radius 1 is 1.00 bits per heavy atom. The van der Waals surface area contributed by atoms with Gasteiger partial charge in [-0.05, 0) is 74.9 Å². The minimum Gasteiger partial charge on any atom is -0.319 e. The van der Waals surface area contributed by atoms with Gasteiger partial charge in [-0.3, -0.25) is 0 Å². The third-order valence-corrected chi connectivity index (χ3v) is 3.84. The molecule has 1 heteroatoms. The third-order valence-electron chi connectivity index (χ3n) is 3.84. The van der Waals surface area contributed by atoms with Crippen LogP contribution in [0.2, 0.25) is 0 Å². The smallest absolute Gasteiger partial charge is 0.00179 e. The summed E-state index contributed by atoms with van der Waals surface area (Å²) in [6.07, 6.45) is 1.19. The van der Waals surface area contributed by atoms with E-state index in [0.29, 0.717) is 0 Å². The van der Waals surface area contributed by atoms with E-state index in [0.717, 1.165) is 18.4 Å². The van der Waals surface area contributed by atoms with E-state index in [-0.39, 0.29) is 0 Å². The molecule has 0 aliphatic carbocycles. The van der Waals surface area contributed by atoms with E-state index in [9.17, 15) is 0 Å². The van der Waals surface area contributed by atoms with Gasteiger partial charge in [-0.1, -0.05) is 26.0 Å². The average Bonchev–Trinajstić information content (AvgIpc) is 2.24. The third kappa shape index (κ3) is 3.85. The molecule has 0 heterocycles. The van der Waals surface area contributed by atoms with Gasteiger partial charge >= 0.3 is 0 Å². The quantitative estimate of drug-likeness (QED) is 0.818. The molecular weight excluding hydrogens is 206 g/mol. The van der Waals surface area contributed by atoms with Crippen LogP contribution in [0.15, 0.2) is 12.1 Å². The maximum absolute atomic E-state index is 3.31. The van der Waals surface area contributed by atoms with Gasteiger partial charge in [0, 0.05) is 0 Å². The van der Waals surface area contributed by atoms with E-state index >= 15 is 0 Å². The van der Waals surface area contributed by atoms with Crippen LogP contribution in [0.1, 0.15) is 36.1 Å². The van der Waals surface area contributed by atoms with Crippen LogP contribution in [-0.2, 0) is 6.42 Å². The van der Waals surface area contributed by atoms with E-state index in [1.54, 1.807) is 0 Å². The van der Waals surface area contributed by atoms with Gasteiger partial charge in [0.25, 0.3) is 0 Å². The summed E-state index contributed by atoms with van der Waals surface area (Å²) in [5, 5.41) is 3.31. The van der Waals surface area contributed by atoms with Crippen LogP contribution < -0.4 is 5.32 Å². The molecule has 96 valence electrons. The van der Waals surface area contributed by atoms with Crippen molar-refractivity contribution >= 4 is 0 Å². The van der Waals surface area contributed by atoms with Gasteiger partial charge in [-0.2, -0.15) is 0 Å². The fourth-order valence-electron chi connectivity index (χ4n) is 2.33.